The predicted octanol–water partition coefficient (Wildman–Crippen LogP) is 5.08. The van der Waals surface area contributed by atoms with Crippen LogP contribution in [0.4, 0.5) is 0 Å². The summed E-state index contributed by atoms with van der Waals surface area (Å²) in [7, 11) is 0. The molecule has 182 valence electrons. The standard InChI is InChI=1S/C26H28N4O5/c1-6-32-21-13-9-20(10-14-21)30-17(4)24(28-29-30)26(31)33-15-23-18(5)35-25(27-23)19-7-11-22(12-8-19)34-16(2)3/h7-14,16H,6,15H2,1-5H3. The van der Waals surface area contributed by atoms with E-state index >= 15 is 0 Å². The van der Waals surface area contributed by atoms with Crippen LogP contribution in [0.25, 0.3) is 17.1 Å². The molecule has 2 aromatic carbocycles. The number of esters is 1. The zero-order valence-electron chi connectivity index (χ0n) is 20.4. The maximum atomic E-state index is 12.7. The van der Waals surface area contributed by atoms with Crippen molar-refractivity contribution >= 4 is 5.97 Å². The molecule has 0 saturated heterocycles. The Morgan fingerprint density at radius 3 is 2.37 bits per heavy atom. The molecule has 9 heteroatoms. The Morgan fingerprint density at radius 2 is 1.71 bits per heavy atom. The second kappa shape index (κ2) is 10.4. The predicted molar refractivity (Wildman–Crippen MR) is 129 cm³/mol. The molecule has 0 fully saturated rings. The highest BCUT2D eigenvalue weighted by Gasteiger charge is 2.21. The van der Waals surface area contributed by atoms with E-state index in [9.17, 15) is 4.79 Å². The molecule has 0 aliphatic rings. The Labute approximate surface area is 203 Å². The zero-order valence-corrected chi connectivity index (χ0v) is 20.4. The molecule has 2 heterocycles. The molecule has 2 aromatic heterocycles. The lowest BCUT2D eigenvalue weighted by molar-refractivity contribution is 0.0459. The van der Waals surface area contributed by atoms with E-state index in [2.05, 4.69) is 15.3 Å². The average Bonchev–Trinajstić information content (AvgIpc) is 3.41. The summed E-state index contributed by atoms with van der Waals surface area (Å²) in [5.74, 6) is 1.97. The fraction of sp³-hybridized carbons (Fsp3) is 0.308. The molecule has 0 aliphatic heterocycles. The minimum atomic E-state index is -0.584. The average molecular weight is 477 g/mol. The smallest absolute Gasteiger partial charge is 0.361 e. The van der Waals surface area contributed by atoms with Crippen LogP contribution in [0.15, 0.2) is 52.9 Å². The van der Waals surface area contributed by atoms with Crippen molar-refractivity contribution in [1.82, 2.24) is 20.0 Å². The topological polar surface area (TPSA) is 102 Å². The highest BCUT2D eigenvalue weighted by Crippen LogP contribution is 2.25. The molecule has 0 radical (unpaired) electrons. The molecule has 4 rings (SSSR count). The summed E-state index contributed by atoms with van der Waals surface area (Å²) in [5.41, 5.74) is 2.81. The largest absolute Gasteiger partial charge is 0.494 e. The molecule has 0 bridgehead atoms. The third-order valence-corrected chi connectivity index (χ3v) is 5.19. The quantitative estimate of drug-likeness (QED) is 0.308. The van der Waals surface area contributed by atoms with Gasteiger partial charge in [-0.15, -0.1) is 5.10 Å². The lowest BCUT2D eigenvalue weighted by atomic mass is 10.2. The van der Waals surface area contributed by atoms with Gasteiger partial charge in [-0.3, -0.25) is 0 Å². The number of nitrogens with zero attached hydrogens (tertiary/aromatic N) is 4. The summed E-state index contributed by atoms with van der Waals surface area (Å²) in [6, 6.07) is 14.9. The van der Waals surface area contributed by atoms with Crippen LogP contribution in [-0.2, 0) is 11.3 Å². The van der Waals surface area contributed by atoms with Gasteiger partial charge in [-0.2, -0.15) is 0 Å². The summed E-state index contributed by atoms with van der Waals surface area (Å²) in [4.78, 5) is 17.2. The highest BCUT2D eigenvalue weighted by molar-refractivity contribution is 5.88. The van der Waals surface area contributed by atoms with Gasteiger partial charge >= 0.3 is 5.97 Å². The van der Waals surface area contributed by atoms with Crippen LogP contribution in [0.2, 0.25) is 0 Å². The SMILES string of the molecule is CCOc1ccc(-n2nnc(C(=O)OCc3nc(-c4ccc(OC(C)C)cc4)oc3C)c2C)cc1. The van der Waals surface area contributed by atoms with Crippen LogP contribution in [0.1, 0.15) is 48.4 Å². The fourth-order valence-corrected chi connectivity index (χ4v) is 3.45. The third kappa shape index (κ3) is 5.51. The molecule has 0 aliphatic carbocycles. The van der Waals surface area contributed by atoms with E-state index in [1.807, 2.05) is 69.3 Å². The van der Waals surface area contributed by atoms with Gasteiger partial charge in [-0.1, -0.05) is 5.21 Å². The van der Waals surface area contributed by atoms with E-state index in [4.69, 9.17) is 18.6 Å². The van der Waals surface area contributed by atoms with Crippen molar-refractivity contribution in [2.75, 3.05) is 6.61 Å². The number of rotatable bonds is 9. The Hall–Kier alpha value is -4.14. The number of hydrogen-bond donors (Lipinski definition) is 0. The van der Waals surface area contributed by atoms with E-state index < -0.39 is 5.97 Å². The van der Waals surface area contributed by atoms with Crippen LogP contribution >= 0.6 is 0 Å². The third-order valence-electron chi connectivity index (χ3n) is 5.19. The summed E-state index contributed by atoms with van der Waals surface area (Å²) >= 11 is 0. The number of benzene rings is 2. The molecule has 4 aromatic rings. The van der Waals surface area contributed by atoms with E-state index in [-0.39, 0.29) is 18.4 Å². The molecule has 0 saturated carbocycles. The van der Waals surface area contributed by atoms with E-state index in [0.29, 0.717) is 29.6 Å². The van der Waals surface area contributed by atoms with Crippen molar-refractivity contribution in [3.8, 4) is 28.6 Å². The van der Waals surface area contributed by atoms with Gasteiger partial charge in [0.25, 0.3) is 0 Å². The monoisotopic (exact) mass is 476 g/mol. The minimum absolute atomic E-state index is 0.0436. The van der Waals surface area contributed by atoms with Crippen molar-refractivity contribution in [3.05, 3.63) is 71.4 Å². The summed E-state index contributed by atoms with van der Waals surface area (Å²) in [6.07, 6.45) is 0.0947. The Kier molecular flexibility index (Phi) is 7.14. The number of aromatic nitrogens is 4. The van der Waals surface area contributed by atoms with Gasteiger partial charge in [0.2, 0.25) is 5.89 Å². The van der Waals surface area contributed by atoms with Crippen molar-refractivity contribution in [2.45, 2.75) is 47.3 Å². The van der Waals surface area contributed by atoms with Gasteiger partial charge in [0.05, 0.1) is 24.1 Å². The first kappa shape index (κ1) is 24.0. The van der Waals surface area contributed by atoms with Gasteiger partial charge in [0, 0.05) is 5.56 Å². The first-order valence-electron chi connectivity index (χ1n) is 11.4. The van der Waals surface area contributed by atoms with Gasteiger partial charge < -0.3 is 18.6 Å². The van der Waals surface area contributed by atoms with Gasteiger partial charge in [-0.25, -0.2) is 14.5 Å². The van der Waals surface area contributed by atoms with Crippen LogP contribution in [0.5, 0.6) is 11.5 Å². The van der Waals surface area contributed by atoms with Crippen LogP contribution < -0.4 is 9.47 Å². The lowest BCUT2D eigenvalue weighted by Gasteiger charge is -2.09. The van der Waals surface area contributed by atoms with Crippen LogP contribution in [0.3, 0.4) is 0 Å². The Morgan fingerprint density at radius 1 is 1.03 bits per heavy atom. The number of carbonyl (C=O) groups excluding carboxylic acids is 1. The summed E-state index contributed by atoms with van der Waals surface area (Å²) in [5, 5.41) is 8.12. The first-order chi connectivity index (χ1) is 16.9. The van der Waals surface area contributed by atoms with Crippen molar-refractivity contribution in [2.24, 2.45) is 0 Å². The first-order valence-corrected chi connectivity index (χ1v) is 11.4. The fourth-order valence-electron chi connectivity index (χ4n) is 3.45. The second-order valence-electron chi connectivity index (χ2n) is 8.15. The van der Waals surface area contributed by atoms with Gasteiger partial charge in [0.1, 0.15) is 29.6 Å². The van der Waals surface area contributed by atoms with Gasteiger partial charge in [0.15, 0.2) is 5.69 Å². The van der Waals surface area contributed by atoms with E-state index in [1.54, 1.807) is 18.5 Å². The molecule has 0 atom stereocenters. The molecular formula is C26H28N4O5. The number of aryl methyl sites for hydroxylation is 1. The van der Waals surface area contributed by atoms with Crippen LogP contribution in [-0.4, -0.2) is 38.7 Å². The van der Waals surface area contributed by atoms with E-state index in [0.717, 1.165) is 22.7 Å². The van der Waals surface area contributed by atoms with Crippen molar-refractivity contribution in [1.29, 1.82) is 0 Å². The van der Waals surface area contributed by atoms with Crippen molar-refractivity contribution in [3.63, 3.8) is 0 Å². The number of carbonyl (C=O) groups is 1. The van der Waals surface area contributed by atoms with E-state index in [1.165, 1.54) is 0 Å². The summed E-state index contributed by atoms with van der Waals surface area (Å²) < 4.78 is 24.0. The minimum Gasteiger partial charge on any atom is -0.494 e. The van der Waals surface area contributed by atoms with Crippen LogP contribution in [0, 0.1) is 13.8 Å². The molecule has 9 nitrogen and oxygen atoms in total. The molecule has 35 heavy (non-hydrogen) atoms. The number of ether oxygens (including phenoxy) is 3. The second-order valence-corrected chi connectivity index (χ2v) is 8.15. The number of hydrogen-bond acceptors (Lipinski definition) is 8. The Balaban J connectivity index is 1.42. The molecule has 0 amide bonds. The maximum absolute atomic E-state index is 12.7. The van der Waals surface area contributed by atoms with Crippen molar-refractivity contribution < 1.29 is 23.4 Å². The Bertz CT molecular complexity index is 1290. The maximum Gasteiger partial charge on any atom is 0.361 e. The highest BCUT2D eigenvalue weighted by atomic mass is 16.5. The molecule has 0 spiro atoms. The zero-order chi connectivity index (χ0) is 24.9. The summed E-state index contributed by atoms with van der Waals surface area (Å²) in [6.45, 7) is 9.96. The normalized spacial score (nSPS) is 11.0. The molecular weight excluding hydrogens is 448 g/mol. The molecule has 0 N–H and O–H groups in total. The number of oxazole rings is 1. The van der Waals surface area contributed by atoms with Gasteiger partial charge in [-0.05, 0) is 83.1 Å². The molecule has 0 unspecified atom stereocenters. The lowest BCUT2D eigenvalue weighted by Crippen LogP contribution is -2.09.